The van der Waals surface area contributed by atoms with Crippen molar-refractivity contribution in [3.63, 3.8) is 0 Å². The lowest BCUT2D eigenvalue weighted by Gasteiger charge is -2.11. The van der Waals surface area contributed by atoms with Crippen molar-refractivity contribution in [2.45, 2.75) is 26.4 Å². The number of hydrogen-bond acceptors (Lipinski definition) is 5. The monoisotopic (exact) mass is 380 g/mol. The van der Waals surface area contributed by atoms with Crippen LogP contribution in [0.2, 0.25) is 0 Å². The quantitative estimate of drug-likeness (QED) is 0.531. The molecule has 0 saturated heterocycles. The second-order valence-electron chi connectivity index (χ2n) is 6.35. The van der Waals surface area contributed by atoms with Gasteiger partial charge in [0.2, 0.25) is 5.89 Å². The second-order valence-corrected chi connectivity index (χ2v) is 6.35. The fourth-order valence-electron chi connectivity index (χ4n) is 3.19. The van der Waals surface area contributed by atoms with Gasteiger partial charge in [0.05, 0.1) is 10.9 Å². The van der Waals surface area contributed by atoms with Gasteiger partial charge in [-0.2, -0.15) is 4.98 Å². The third-order valence-corrected chi connectivity index (χ3v) is 4.50. The molecule has 8 heteroatoms. The predicted molar refractivity (Wildman–Crippen MR) is 101 cm³/mol. The molecule has 0 amide bonds. The van der Waals surface area contributed by atoms with Crippen LogP contribution in [0.3, 0.4) is 0 Å². The van der Waals surface area contributed by atoms with E-state index in [1.807, 2.05) is 0 Å². The molecule has 28 heavy (non-hydrogen) atoms. The van der Waals surface area contributed by atoms with E-state index in [-0.39, 0.29) is 30.4 Å². The van der Waals surface area contributed by atoms with E-state index in [0.29, 0.717) is 23.1 Å². The molecule has 0 radical (unpaired) electrons. The van der Waals surface area contributed by atoms with E-state index in [0.717, 1.165) is 5.56 Å². The summed E-state index contributed by atoms with van der Waals surface area (Å²) in [4.78, 5) is 29.6. The van der Waals surface area contributed by atoms with Gasteiger partial charge in [-0.3, -0.25) is 13.9 Å². The van der Waals surface area contributed by atoms with Crippen molar-refractivity contribution in [2.24, 2.45) is 0 Å². The Morgan fingerprint density at radius 2 is 1.89 bits per heavy atom. The third-order valence-electron chi connectivity index (χ3n) is 4.50. The third kappa shape index (κ3) is 3.24. The summed E-state index contributed by atoms with van der Waals surface area (Å²) in [6, 6.07) is 13.1. The van der Waals surface area contributed by atoms with Crippen LogP contribution in [0, 0.1) is 5.82 Å². The van der Waals surface area contributed by atoms with Crippen molar-refractivity contribution in [1.82, 2.24) is 19.3 Å². The number of para-hydroxylation sites is 1. The summed E-state index contributed by atoms with van der Waals surface area (Å²) in [5.74, 6) is 0.294. The second kappa shape index (κ2) is 7.22. The maximum Gasteiger partial charge on any atom is 0.331 e. The number of rotatable bonds is 5. The Morgan fingerprint density at radius 3 is 2.68 bits per heavy atom. The van der Waals surface area contributed by atoms with Crippen molar-refractivity contribution in [1.29, 1.82) is 0 Å². The summed E-state index contributed by atoms with van der Waals surface area (Å²) in [5, 5.41) is 4.36. The molecule has 0 fully saturated rings. The van der Waals surface area contributed by atoms with Gasteiger partial charge in [0.25, 0.3) is 5.56 Å². The summed E-state index contributed by atoms with van der Waals surface area (Å²) < 4.78 is 21.2. The highest BCUT2D eigenvalue weighted by atomic mass is 19.1. The summed E-state index contributed by atoms with van der Waals surface area (Å²) >= 11 is 0. The van der Waals surface area contributed by atoms with E-state index in [9.17, 15) is 14.0 Å². The summed E-state index contributed by atoms with van der Waals surface area (Å²) in [6.07, 6.45) is 0.311. The van der Waals surface area contributed by atoms with Crippen LogP contribution >= 0.6 is 0 Å². The molecule has 0 aliphatic carbocycles. The van der Waals surface area contributed by atoms with Gasteiger partial charge in [0, 0.05) is 13.0 Å². The molecule has 0 spiro atoms. The van der Waals surface area contributed by atoms with E-state index < -0.39 is 5.69 Å². The lowest BCUT2D eigenvalue weighted by atomic mass is 10.1. The molecule has 4 aromatic rings. The van der Waals surface area contributed by atoms with Crippen molar-refractivity contribution in [3.05, 3.63) is 92.5 Å². The Morgan fingerprint density at radius 1 is 1.07 bits per heavy atom. The van der Waals surface area contributed by atoms with Crippen molar-refractivity contribution >= 4 is 10.9 Å². The molecule has 0 aliphatic rings. The minimum Gasteiger partial charge on any atom is -0.337 e. The van der Waals surface area contributed by atoms with Crippen LogP contribution in [-0.4, -0.2) is 19.3 Å². The van der Waals surface area contributed by atoms with E-state index in [1.54, 1.807) is 43.3 Å². The number of halogens is 1. The standard InChI is InChI=1S/C20H17FN4O3/c1-2-24-19(26)15-8-3-4-9-16(15)25(20(24)27)12-18-22-17(23-28-18)11-13-6-5-7-14(21)10-13/h3-10H,2,11-12H2,1H3. The Hall–Kier alpha value is -3.55. The van der Waals surface area contributed by atoms with Gasteiger partial charge in [0.15, 0.2) is 5.82 Å². The highest BCUT2D eigenvalue weighted by molar-refractivity contribution is 5.77. The van der Waals surface area contributed by atoms with E-state index in [1.165, 1.54) is 21.3 Å². The maximum atomic E-state index is 13.3. The van der Waals surface area contributed by atoms with E-state index >= 15 is 0 Å². The fourth-order valence-corrected chi connectivity index (χ4v) is 3.19. The summed E-state index contributed by atoms with van der Waals surface area (Å²) in [5.41, 5.74) is 0.467. The summed E-state index contributed by atoms with van der Waals surface area (Å²) in [7, 11) is 0. The van der Waals surface area contributed by atoms with E-state index in [4.69, 9.17) is 4.52 Å². The van der Waals surface area contributed by atoms with Gasteiger partial charge in [-0.25, -0.2) is 9.18 Å². The van der Waals surface area contributed by atoms with Crippen molar-refractivity contribution < 1.29 is 8.91 Å². The topological polar surface area (TPSA) is 82.9 Å². The number of fused-ring (bicyclic) bond motifs is 1. The zero-order valence-electron chi connectivity index (χ0n) is 15.1. The predicted octanol–water partition coefficient (Wildman–Crippen LogP) is 2.34. The first kappa shape index (κ1) is 17.8. The summed E-state index contributed by atoms with van der Waals surface area (Å²) in [6.45, 7) is 2.04. The molecule has 0 aliphatic heterocycles. The van der Waals surface area contributed by atoms with Gasteiger partial charge in [-0.05, 0) is 36.8 Å². The maximum absolute atomic E-state index is 13.3. The molecule has 2 aromatic heterocycles. The largest absolute Gasteiger partial charge is 0.337 e. The smallest absolute Gasteiger partial charge is 0.331 e. The number of aromatic nitrogens is 4. The molecule has 0 saturated carbocycles. The van der Waals surface area contributed by atoms with Crippen LogP contribution in [-0.2, 0) is 19.5 Å². The van der Waals surface area contributed by atoms with E-state index in [2.05, 4.69) is 10.1 Å². The Bertz CT molecular complexity index is 1270. The molecule has 2 heterocycles. The van der Waals surface area contributed by atoms with Crippen LogP contribution in [0.15, 0.2) is 62.6 Å². The lowest BCUT2D eigenvalue weighted by Crippen LogP contribution is -2.39. The molecule has 0 bridgehead atoms. The Kier molecular flexibility index (Phi) is 4.60. The van der Waals surface area contributed by atoms with Crippen LogP contribution < -0.4 is 11.2 Å². The average molecular weight is 380 g/mol. The first-order valence-corrected chi connectivity index (χ1v) is 8.85. The first-order chi connectivity index (χ1) is 13.6. The molecule has 0 unspecified atom stereocenters. The Labute approximate surface area is 158 Å². The number of nitrogens with zero attached hydrogens (tertiary/aromatic N) is 4. The SMILES string of the molecule is CCn1c(=O)c2ccccc2n(Cc2nc(Cc3cccc(F)c3)no2)c1=O. The van der Waals surface area contributed by atoms with Gasteiger partial charge in [0.1, 0.15) is 12.4 Å². The minimum absolute atomic E-state index is 0.0375. The molecule has 0 atom stereocenters. The van der Waals surface area contributed by atoms with Crippen LogP contribution in [0.25, 0.3) is 10.9 Å². The zero-order chi connectivity index (χ0) is 19.7. The fraction of sp³-hybridized carbons (Fsp3) is 0.200. The molecule has 7 nitrogen and oxygen atoms in total. The lowest BCUT2D eigenvalue weighted by molar-refractivity contribution is 0.365. The molecule has 4 rings (SSSR count). The van der Waals surface area contributed by atoms with Crippen LogP contribution in [0.1, 0.15) is 24.2 Å². The average Bonchev–Trinajstić information content (AvgIpc) is 3.12. The highest BCUT2D eigenvalue weighted by Crippen LogP contribution is 2.12. The number of hydrogen-bond donors (Lipinski definition) is 0. The minimum atomic E-state index is -0.434. The van der Waals surface area contributed by atoms with Gasteiger partial charge < -0.3 is 4.52 Å². The molecule has 2 aromatic carbocycles. The first-order valence-electron chi connectivity index (χ1n) is 8.85. The number of benzene rings is 2. The van der Waals surface area contributed by atoms with Gasteiger partial charge >= 0.3 is 5.69 Å². The molecular weight excluding hydrogens is 363 g/mol. The van der Waals surface area contributed by atoms with Crippen molar-refractivity contribution in [3.8, 4) is 0 Å². The Balaban J connectivity index is 1.70. The van der Waals surface area contributed by atoms with Gasteiger partial charge in [-0.15, -0.1) is 0 Å². The normalized spacial score (nSPS) is 11.2. The van der Waals surface area contributed by atoms with Crippen molar-refractivity contribution in [2.75, 3.05) is 0 Å². The van der Waals surface area contributed by atoms with Crippen LogP contribution in [0.4, 0.5) is 4.39 Å². The molecule has 0 N–H and O–H groups in total. The highest BCUT2D eigenvalue weighted by Gasteiger charge is 2.15. The molecule has 142 valence electrons. The zero-order valence-corrected chi connectivity index (χ0v) is 15.1. The van der Waals surface area contributed by atoms with Gasteiger partial charge in [-0.1, -0.05) is 29.4 Å². The molecular formula is C20H17FN4O3. The van der Waals surface area contributed by atoms with Crippen LogP contribution in [0.5, 0.6) is 0 Å².